The van der Waals surface area contributed by atoms with E-state index in [9.17, 15) is 4.79 Å². The zero-order valence-corrected chi connectivity index (χ0v) is 11.3. The SMILES string of the molecule is CCCCOc1nc(N)c2c(n1)N(CC)CC(=O)N2. The van der Waals surface area contributed by atoms with E-state index in [1.807, 2.05) is 11.8 Å². The van der Waals surface area contributed by atoms with Crippen molar-refractivity contribution in [1.82, 2.24) is 9.97 Å². The number of nitrogens with zero attached hydrogens (tertiary/aromatic N) is 3. The maximum absolute atomic E-state index is 11.5. The fourth-order valence-electron chi connectivity index (χ4n) is 1.85. The van der Waals surface area contributed by atoms with Crippen LogP contribution in [0.5, 0.6) is 6.01 Å². The molecular formula is C12H19N5O2. The Morgan fingerprint density at radius 3 is 2.89 bits per heavy atom. The molecule has 2 heterocycles. The molecule has 1 aliphatic heterocycles. The van der Waals surface area contributed by atoms with E-state index in [0.29, 0.717) is 24.7 Å². The van der Waals surface area contributed by atoms with Crippen LogP contribution in [0.15, 0.2) is 0 Å². The van der Waals surface area contributed by atoms with E-state index in [4.69, 9.17) is 10.5 Å². The number of carbonyl (C=O) groups is 1. The summed E-state index contributed by atoms with van der Waals surface area (Å²) in [7, 11) is 0. The summed E-state index contributed by atoms with van der Waals surface area (Å²) in [5.41, 5.74) is 6.33. The molecule has 7 heteroatoms. The molecule has 0 spiro atoms. The van der Waals surface area contributed by atoms with E-state index in [1.54, 1.807) is 0 Å². The van der Waals surface area contributed by atoms with Gasteiger partial charge in [-0.1, -0.05) is 13.3 Å². The van der Waals surface area contributed by atoms with Gasteiger partial charge in [0, 0.05) is 6.54 Å². The van der Waals surface area contributed by atoms with Crippen molar-refractivity contribution in [1.29, 1.82) is 0 Å². The summed E-state index contributed by atoms with van der Waals surface area (Å²) in [6.07, 6.45) is 1.98. The lowest BCUT2D eigenvalue weighted by atomic mass is 10.3. The van der Waals surface area contributed by atoms with Gasteiger partial charge in [-0.05, 0) is 13.3 Å². The monoisotopic (exact) mass is 265 g/mol. The highest BCUT2D eigenvalue weighted by Gasteiger charge is 2.26. The number of carbonyl (C=O) groups excluding carboxylic acids is 1. The number of rotatable bonds is 5. The molecule has 1 aliphatic rings. The van der Waals surface area contributed by atoms with Gasteiger partial charge in [-0.2, -0.15) is 9.97 Å². The summed E-state index contributed by atoms with van der Waals surface area (Å²) in [5.74, 6) is 0.758. The van der Waals surface area contributed by atoms with Crippen molar-refractivity contribution in [2.45, 2.75) is 26.7 Å². The first-order chi connectivity index (χ1) is 9.15. The number of fused-ring (bicyclic) bond motifs is 1. The number of nitrogen functional groups attached to an aromatic ring is 1. The van der Waals surface area contributed by atoms with E-state index < -0.39 is 0 Å². The van der Waals surface area contributed by atoms with Crippen molar-refractivity contribution in [3.05, 3.63) is 0 Å². The highest BCUT2D eigenvalue weighted by atomic mass is 16.5. The second kappa shape index (κ2) is 5.73. The Bertz CT molecular complexity index is 477. The molecule has 7 nitrogen and oxygen atoms in total. The second-order valence-electron chi connectivity index (χ2n) is 4.35. The van der Waals surface area contributed by atoms with Crippen molar-refractivity contribution in [3.63, 3.8) is 0 Å². The third kappa shape index (κ3) is 2.86. The van der Waals surface area contributed by atoms with Gasteiger partial charge in [-0.25, -0.2) is 0 Å². The lowest BCUT2D eigenvalue weighted by Crippen LogP contribution is -2.39. The highest BCUT2D eigenvalue weighted by Crippen LogP contribution is 2.32. The third-order valence-corrected chi connectivity index (χ3v) is 2.91. The molecule has 1 amide bonds. The molecule has 0 aromatic carbocycles. The zero-order valence-electron chi connectivity index (χ0n) is 11.3. The van der Waals surface area contributed by atoms with Gasteiger partial charge in [0.05, 0.1) is 13.2 Å². The topological polar surface area (TPSA) is 93.4 Å². The Labute approximate surface area is 112 Å². The molecule has 104 valence electrons. The van der Waals surface area contributed by atoms with Gasteiger partial charge in [0.15, 0.2) is 11.6 Å². The predicted octanol–water partition coefficient (Wildman–Crippen LogP) is 1.02. The van der Waals surface area contributed by atoms with Gasteiger partial charge >= 0.3 is 6.01 Å². The summed E-state index contributed by atoms with van der Waals surface area (Å²) >= 11 is 0. The summed E-state index contributed by atoms with van der Waals surface area (Å²) < 4.78 is 5.47. The lowest BCUT2D eigenvalue weighted by molar-refractivity contribution is -0.115. The van der Waals surface area contributed by atoms with Crippen LogP contribution in [-0.2, 0) is 4.79 Å². The first-order valence-corrected chi connectivity index (χ1v) is 6.50. The van der Waals surface area contributed by atoms with Gasteiger partial charge < -0.3 is 20.7 Å². The predicted molar refractivity (Wildman–Crippen MR) is 73.4 cm³/mol. The molecular weight excluding hydrogens is 246 g/mol. The molecule has 2 rings (SSSR count). The van der Waals surface area contributed by atoms with Crippen LogP contribution >= 0.6 is 0 Å². The molecule has 0 aliphatic carbocycles. The normalized spacial score (nSPS) is 14.0. The van der Waals surface area contributed by atoms with Crippen LogP contribution in [0.3, 0.4) is 0 Å². The lowest BCUT2D eigenvalue weighted by Gasteiger charge is -2.29. The minimum absolute atomic E-state index is 0.107. The van der Waals surface area contributed by atoms with Crippen LogP contribution in [0.4, 0.5) is 17.3 Å². The first-order valence-electron chi connectivity index (χ1n) is 6.50. The Kier molecular flexibility index (Phi) is 4.03. The van der Waals surface area contributed by atoms with Crippen molar-refractivity contribution < 1.29 is 9.53 Å². The Morgan fingerprint density at radius 1 is 1.42 bits per heavy atom. The second-order valence-corrected chi connectivity index (χ2v) is 4.35. The van der Waals surface area contributed by atoms with Crippen LogP contribution in [0, 0.1) is 0 Å². The van der Waals surface area contributed by atoms with Crippen LogP contribution < -0.4 is 20.7 Å². The molecule has 19 heavy (non-hydrogen) atoms. The molecule has 0 fully saturated rings. The quantitative estimate of drug-likeness (QED) is 0.772. The van der Waals surface area contributed by atoms with Crippen molar-refractivity contribution in [2.75, 3.05) is 35.6 Å². The Morgan fingerprint density at radius 2 is 2.21 bits per heavy atom. The van der Waals surface area contributed by atoms with Crippen LogP contribution in [-0.4, -0.2) is 35.6 Å². The van der Waals surface area contributed by atoms with E-state index in [0.717, 1.165) is 12.8 Å². The number of nitrogens with two attached hydrogens (primary N) is 1. The molecule has 1 aromatic rings. The van der Waals surface area contributed by atoms with Gasteiger partial charge in [-0.3, -0.25) is 4.79 Å². The summed E-state index contributed by atoms with van der Waals surface area (Å²) in [5, 5.41) is 2.70. The number of nitrogens with one attached hydrogen (secondary N) is 1. The molecule has 0 atom stereocenters. The highest BCUT2D eigenvalue weighted by molar-refractivity contribution is 6.03. The number of aromatic nitrogens is 2. The zero-order chi connectivity index (χ0) is 13.8. The van der Waals surface area contributed by atoms with Gasteiger partial charge in [0.25, 0.3) is 0 Å². The standard InChI is InChI=1S/C12H19N5O2/c1-3-5-6-19-12-15-10(13)9-11(16-12)17(4-2)7-8(18)14-9/h3-7H2,1-2H3,(H,14,18)(H2,13,15,16). The molecule has 0 unspecified atom stereocenters. The number of ether oxygens (including phenoxy) is 1. The largest absolute Gasteiger partial charge is 0.463 e. The summed E-state index contributed by atoms with van der Waals surface area (Å²) in [6.45, 7) is 5.55. The molecule has 0 radical (unpaired) electrons. The van der Waals surface area contributed by atoms with E-state index >= 15 is 0 Å². The van der Waals surface area contributed by atoms with Crippen LogP contribution in [0.25, 0.3) is 0 Å². The number of unbranched alkanes of at least 4 members (excludes halogenated alkanes) is 1. The maximum Gasteiger partial charge on any atom is 0.320 e. The van der Waals surface area contributed by atoms with Gasteiger partial charge in [0.2, 0.25) is 5.91 Å². The van der Waals surface area contributed by atoms with Crippen LogP contribution in [0.2, 0.25) is 0 Å². The van der Waals surface area contributed by atoms with Crippen LogP contribution in [0.1, 0.15) is 26.7 Å². The Balaban J connectivity index is 2.27. The number of likely N-dealkylation sites (N-methyl/N-ethyl adjacent to an activating group) is 1. The summed E-state index contributed by atoms with van der Waals surface area (Å²) in [6, 6.07) is 0.263. The number of amides is 1. The number of anilines is 3. The van der Waals surface area contributed by atoms with Crippen molar-refractivity contribution >= 4 is 23.2 Å². The molecule has 1 aromatic heterocycles. The first kappa shape index (κ1) is 13.4. The molecule has 0 bridgehead atoms. The van der Waals surface area contributed by atoms with E-state index in [1.165, 1.54) is 0 Å². The molecule has 0 saturated carbocycles. The average Bonchev–Trinajstić information content (AvgIpc) is 2.39. The average molecular weight is 265 g/mol. The molecule has 3 N–H and O–H groups in total. The van der Waals surface area contributed by atoms with Crippen molar-refractivity contribution in [3.8, 4) is 6.01 Å². The number of hydrogen-bond donors (Lipinski definition) is 2. The van der Waals surface area contributed by atoms with Crippen molar-refractivity contribution in [2.24, 2.45) is 0 Å². The third-order valence-electron chi connectivity index (χ3n) is 2.91. The van der Waals surface area contributed by atoms with Gasteiger partial charge in [-0.15, -0.1) is 0 Å². The minimum atomic E-state index is -0.107. The summed E-state index contributed by atoms with van der Waals surface area (Å²) in [4.78, 5) is 21.8. The fourth-order valence-corrected chi connectivity index (χ4v) is 1.85. The maximum atomic E-state index is 11.5. The fraction of sp³-hybridized carbons (Fsp3) is 0.583. The Hall–Kier alpha value is -2.05. The van der Waals surface area contributed by atoms with Gasteiger partial charge in [0.1, 0.15) is 5.69 Å². The van der Waals surface area contributed by atoms with E-state index in [-0.39, 0.29) is 24.3 Å². The number of hydrogen-bond acceptors (Lipinski definition) is 6. The smallest absolute Gasteiger partial charge is 0.320 e. The van der Waals surface area contributed by atoms with E-state index in [2.05, 4.69) is 22.2 Å². The minimum Gasteiger partial charge on any atom is -0.463 e. The molecule has 0 saturated heterocycles.